The molecule has 7 nitrogen and oxygen atoms in total. The molecule has 0 aromatic heterocycles. The van der Waals surface area contributed by atoms with Crippen LogP contribution in [-0.4, -0.2) is 44.6 Å². The number of hydrogen-bond donors (Lipinski definition) is 2. The molecule has 1 aromatic rings. The zero-order valence-corrected chi connectivity index (χ0v) is 13.4. The van der Waals surface area contributed by atoms with Crippen molar-refractivity contribution in [1.29, 1.82) is 0 Å². The fraction of sp³-hybridized carbons (Fsp3) is 0.438. The van der Waals surface area contributed by atoms with Gasteiger partial charge in [-0.25, -0.2) is 0 Å². The molecule has 126 valence electrons. The van der Waals surface area contributed by atoms with Crippen molar-refractivity contribution in [3.8, 4) is 5.75 Å². The molecular formula is C16H22N2O5. The predicted molar refractivity (Wildman–Crippen MR) is 84.2 cm³/mol. The van der Waals surface area contributed by atoms with Crippen LogP contribution in [0.3, 0.4) is 0 Å². The molecule has 2 N–H and O–H groups in total. The minimum absolute atomic E-state index is 0.299. The fourth-order valence-corrected chi connectivity index (χ4v) is 1.65. The molecule has 0 aliphatic carbocycles. The Morgan fingerprint density at radius 3 is 2.39 bits per heavy atom. The van der Waals surface area contributed by atoms with Crippen LogP contribution in [0.15, 0.2) is 24.3 Å². The van der Waals surface area contributed by atoms with Crippen molar-refractivity contribution in [2.45, 2.75) is 19.8 Å². The number of carbonyl (C=O) groups excluding carboxylic acids is 3. The van der Waals surface area contributed by atoms with Gasteiger partial charge in [-0.05, 0) is 30.7 Å². The maximum atomic E-state index is 11.8. The molecule has 0 spiro atoms. The van der Waals surface area contributed by atoms with Gasteiger partial charge < -0.3 is 20.1 Å². The van der Waals surface area contributed by atoms with E-state index in [9.17, 15) is 14.4 Å². The summed E-state index contributed by atoms with van der Waals surface area (Å²) in [6.07, 6.45) is 1.84. The van der Waals surface area contributed by atoms with Crippen LogP contribution in [0.1, 0.15) is 30.1 Å². The van der Waals surface area contributed by atoms with Gasteiger partial charge in [0, 0.05) is 12.1 Å². The Morgan fingerprint density at radius 1 is 1.09 bits per heavy atom. The van der Waals surface area contributed by atoms with Gasteiger partial charge in [0.1, 0.15) is 12.3 Å². The fourth-order valence-electron chi connectivity index (χ4n) is 1.65. The molecule has 1 aromatic carbocycles. The molecule has 0 fully saturated rings. The van der Waals surface area contributed by atoms with E-state index in [1.54, 1.807) is 24.3 Å². The Kier molecular flexibility index (Phi) is 8.20. The van der Waals surface area contributed by atoms with E-state index in [4.69, 9.17) is 9.47 Å². The van der Waals surface area contributed by atoms with Gasteiger partial charge >= 0.3 is 5.97 Å². The number of amides is 2. The third-order valence-electron chi connectivity index (χ3n) is 2.96. The van der Waals surface area contributed by atoms with Gasteiger partial charge in [-0.3, -0.25) is 14.4 Å². The summed E-state index contributed by atoms with van der Waals surface area (Å²) in [5, 5.41) is 5.05. The number of unbranched alkanes of at least 4 members (excludes halogenated alkanes) is 1. The average molecular weight is 322 g/mol. The number of hydrogen-bond acceptors (Lipinski definition) is 5. The summed E-state index contributed by atoms with van der Waals surface area (Å²) in [6.45, 7) is 1.92. The molecular weight excluding hydrogens is 300 g/mol. The number of carbonyl (C=O) groups is 3. The molecule has 0 radical (unpaired) electrons. The van der Waals surface area contributed by atoms with Gasteiger partial charge in [-0.15, -0.1) is 0 Å². The molecule has 0 aliphatic heterocycles. The van der Waals surface area contributed by atoms with E-state index in [-0.39, 0.29) is 19.1 Å². The standard InChI is InChI=1S/C16H22N2O5/c1-3-4-9-17-14(19)11-23-15(20)10-18-16(21)12-5-7-13(22-2)8-6-12/h5-8H,3-4,9-11H2,1-2H3,(H,17,19)(H,18,21). The number of rotatable bonds is 9. The maximum Gasteiger partial charge on any atom is 0.325 e. The van der Waals surface area contributed by atoms with Gasteiger partial charge in [0.2, 0.25) is 0 Å². The Balaban J connectivity index is 2.26. The lowest BCUT2D eigenvalue weighted by Gasteiger charge is -2.07. The number of methoxy groups -OCH3 is 1. The van der Waals surface area contributed by atoms with Crippen molar-refractivity contribution in [2.75, 3.05) is 26.8 Å². The van der Waals surface area contributed by atoms with Gasteiger partial charge in [-0.1, -0.05) is 13.3 Å². The molecule has 0 bridgehead atoms. The number of nitrogens with one attached hydrogen (secondary N) is 2. The first-order valence-corrected chi connectivity index (χ1v) is 7.41. The lowest BCUT2D eigenvalue weighted by molar-refractivity contribution is -0.147. The topological polar surface area (TPSA) is 93.7 Å². The second kappa shape index (κ2) is 10.2. The zero-order valence-electron chi connectivity index (χ0n) is 13.4. The zero-order chi connectivity index (χ0) is 17.1. The molecule has 7 heteroatoms. The SMILES string of the molecule is CCCCNC(=O)COC(=O)CNC(=O)c1ccc(OC)cc1. The highest BCUT2D eigenvalue weighted by atomic mass is 16.5. The van der Waals surface area contributed by atoms with Crippen molar-refractivity contribution in [3.05, 3.63) is 29.8 Å². The summed E-state index contributed by atoms with van der Waals surface area (Å²) in [6, 6.07) is 6.46. The van der Waals surface area contributed by atoms with E-state index in [1.807, 2.05) is 6.92 Å². The van der Waals surface area contributed by atoms with E-state index >= 15 is 0 Å². The Morgan fingerprint density at radius 2 is 1.78 bits per heavy atom. The third kappa shape index (κ3) is 7.30. The highest BCUT2D eigenvalue weighted by Crippen LogP contribution is 2.10. The van der Waals surface area contributed by atoms with Crippen molar-refractivity contribution < 1.29 is 23.9 Å². The molecule has 1 rings (SSSR count). The molecule has 0 unspecified atom stereocenters. The van der Waals surface area contributed by atoms with Crippen molar-refractivity contribution in [1.82, 2.24) is 10.6 Å². The van der Waals surface area contributed by atoms with Crippen molar-refractivity contribution in [3.63, 3.8) is 0 Å². The smallest absolute Gasteiger partial charge is 0.325 e. The summed E-state index contributed by atoms with van der Waals surface area (Å²) in [7, 11) is 1.53. The predicted octanol–water partition coefficient (Wildman–Crippen LogP) is 0.885. The highest BCUT2D eigenvalue weighted by Gasteiger charge is 2.10. The first-order chi connectivity index (χ1) is 11.1. The van der Waals surface area contributed by atoms with Crippen molar-refractivity contribution in [2.24, 2.45) is 0 Å². The molecule has 0 saturated carbocycles. The van der Waals surface area contributed by atoms with Gasteiger partial charge in [0.15, 0.2) is 6.61 Å². The number of ether oxygens (including phenoxy) is 2. The molecule has 0 atom stereocenters. The molecule has 23 heavy (non-hydrogen) atoms. The van der Waals surface area contributed by atoms with Crippen LogP contribution in [0.2, 0.25) is 0 Å². The largest absolute Gasteiger partial charge is 0.497 e. The van der Waals surface area contributed by atoms with Crippen LogP contribution in [0.25, 0.3) is 0 Å². The van der Waals surface area contributed by atoms with Gasteiger partial charge in [-0.2, -0.15) is 0 Å². The summed E-state index contributed by atoms with van der Waals surface area (Å²) in [5.41, 5.74) is 0.399. The average Bonchev–Trinajstić information content (AvgIpc) is 2.58. The highest BCUT2D eigenvalue weighted by molar-refractivity contribution is 5.96. The Bertz CT molecular complexity index is 528. The number of esters is 1. The van der Waals surface area contributed by atoms with Crippen molar-refractivity contribution >= 4 is 17.8 Å². The summed E-state index contributed by atoms with van der Waals surface area (Å²) >= 11 is 0. The van der Waals surface area contributed by atoms with Crippen LogP contribution in [0.5, 0.6) is 5.75 Å². The normalized spacial score (nSPS) is 9.83. The van der Waals surface area contributed by atoms with Gasteiger partial charge in [0.05, 0.1) is 7.11 Å². The summed E-state index contributed by atoms with van der Waals surface area (Å²) in [4.78, 5) is 34.7. The van der Waals surface area contributed by atoms with Crippen LogP contribution in [-0.2, 0) is 14.3 Å². The monoisotopic (exact) mass is 322 g/mol. The van der Waals surface area contributed by atoms with E-state index in [1.165, 1.54) is 7.11 Å². The van der Waals surface area contributed by atoms with E-state index in [0.717, 1.165) is 12.8 Å². The second-order valence-corrected chi connectivity index (χ2v) is 4.78. The first-order valence-electron chi connectivity index (χ1n) is 7.41. The van der Waals surface area contributed by atoms with Crippen LogP contribution >= 0.6 is 0 Å². The number of benzene rings is 1. The quantitative estimate of drug-likeness (QED) is 0.520. The molecule has 0 aliphatic rings. The van der Waals surface area contributed by atoms with E-state index in [2.05, 4.69) is 10.6 Å². The molecule has 0 heterocycles. The Labute approximate surface area is 135 Å². The van der Waals surface area contributed by atoms with Crippen LogP contribution < -0.4 is 15.4 Å². The first kappa shape index (κ1) is 18.5. The minimum Gasteiger partial charge on any atom is -0.497 e. The maximum absolute atomic E-state index is 11.8. The Hall–Kier alpha value is -2.57. The van der Waals surface area contributed by atoms with Gasteiger partial charge in [0.25, 0.3) is 11.8 Å². The van der Waals surface area contributed by atoms with E-state index < -0.39 is 11.9 Å². The molecule has 2 amide bonds. The minimum atomic E-state index is -0.669. The lowest BCUT2D eigenvalue weighted by atomic mass is 10.2. The molecule has 0 saturated heterocycles. The van der Waals surface area contributed by atoms with Crippen LogP contribution in [0.4, 0.5) is 0 Å². The lowest BCUT2D eigenvalue weighted by Crippen LogP contribution is -2.34. The third-order valence-corrected chi connectivity index (χ3v) is 2.96. The van der Waals surface area contributed by atoms with E-state index in [0.29, 0.717) is 17.9 Å². The second-order valence-electron chi connectivity index (χ2n) is 4.78. The summed E-state index contributed by atoms with van der Waals surface area (Å²) in [5.74, 6) is -0.794. The van der Waals surface area contributed by atoms with Crippen LogP contribution in [0, 0.1) is 0 Å². The summed E-state index contributed by atoms with van der Waals surface area (Å²) < 4.78 is 9.76.